The lowest BCUT2D eigenvalue weighted by molar-refractivity contribution is 0.412. The van der Waals surface area contributed by atoms with Crippen molar-refractivity contribution < 1.29 is 0 Å². The summed E-state index contributed by atoms with van der Waals surface area (Å²) in [5, 5.41) is 5.27. The molecule has 0 aliphatic carbocycles. The highest BCUT2D eigenvalue weighted by molar-refractivity contribution is 6.44. The minimum Gasteiger partial charge on any atom is -0.310 e. The van der Waals surface area contributed by atoms with Crippen LogP contribution in [0.1, 0.15) is 30.9 Å². The Labute approximate surface area is 105 Å². The Morgan fingerprint density at radius 3 is 2.47 bits per heavy atom. The van der Waals surface area contributed by atoms with E-state index < -0.39 is 0 Å². The predicted octanol–water partition coefficient (Wildman–Crippen LogP) is 4.46. The van der Waals surface area contributed by atoms with Crippen LogP contribution in [-0.4, -0.2) is 6.54 Å². The Morgan fingerprint density at radius 1 is 1.07 bits per heavy atom. The molecule has 0 amide bonds. The van der Waals surface area contributed by atoms with Gasteiger partial charge in [0.25, 0.3) is 0 Å². The summed E-state index contributed by atoms with van der Waals surface area (Å²) in [5.74, 6) is 0. The summed E-state index contributed by atoms with van der Waals surface area (Å²) in [6.07, 6.45) is 3.49. The summed E-state index contributed by atoms with van der Waals surface area (Å²) in [4.78, 5) is 0. The lowest BCUT2D eigenvalue weighted by Crippen LogP contribution is -2.27. The zero-order valence-electron chi connectivity index (χ0n) is 8.19. The highest BCUT2D eigenvalue weighted by Gasteiger charge is 2.21. The second kappa shape index (κ2) is 4.92. The average molecular weight is 265 g/mol. The van der Waals surface area contributed by atoms with Gasteiger partial charge in [-0.15, -0.1) is 0 Å². The highest BCUT2D eigenvalue weighted by Crippen LogP contribution is 2.38. The fraction of sp³-hybridized carbons (Fsp3) is 0.455. The lowest BCUT2D eigenvalue weighted by atomic mass is 9.97. The third-order valence-electron chi connectivity index (χ3n) is 2.74. The van der Waals surface area contributed by atoms with Crippen LogP contribution in [0.25, 0.3) is 0 Å². The smallest absolute Gasteiger partial charge is 0.0655 e. The topological polar surface area (TPSA) is 12.0 Å². The zero-order valence-corrected chi connectivity index (χ0v) is 10.5. The van der Waals surface area contributed by atoms with Crippen molar-refractivity contribution in [3.05, 3.63) is 32.8 Å². The molecule has 0 unspecified atom stereocenters. The lowest BCUT2D eigenvalue weighted by Gasteiger charge is -2.25. The van der Waals surface area contributed by atoms with Crippen LogP contribution in [-0.2, 0) is 0 Å². The number of rotatable bonds is 1. The third kappa shape index (κ3) is 2.42. The molecule has 0 saturated carbocycles. The van der Waals surface area contributed by atoms with E-state index in [0.29, 0.717) is 15.1 Å². The molecule has 1 saturated heterocycles. The third-order valence-corrected chi connectivity index (χ3v) is 3.89. The summed E-state index contributed by atoms with van der Waals surface area (Å²) < 4.78 is 0. The quantitative estimate of drug-likeness (QED) is 0.738. The molecule has 1 aliphatic rings. The number of hydrogen-bond donors (Lipinski definition) is 1. The maximum absolute atomic E-state index is 6.18. The molecule has 82 valence electrons. The molecule has 1 heterocycles. The molecule has 1 N–H and O–H groups in total. The van der Waals surface area contributed by atoms with Crippen molar-refractivity contribution in [3.8, 4) is 0 Å². The second-order valence-corrected chi connectivity index (χ2v) is 4.95. The van der Waals surface area contributed by atoms with Crippen LogP contribution in [0.15, 0.2) is 12.1 Å². The molecule has 1 aliphatic heterocycles. The molecule has 2 rings (SSSR count). The van der Waals surface area contributed by atoms with Crippen molar-refractivity contribution in [2.75, 3.05) is 6.54 Å². The van der Waals surface area contributed by atoms with Gasteiger partial charge in [-0.1, -0.05) is 41.2 Å². The van der Waals surface area contributed by atoms with Gasteiger partial charge in [-0.05, 0) is 31.5 Å². The zero-order chi connectivity index (χ0) is 10.8. The van der Waals surface area contributed by atoms with Gasteiger partial charge in [-0.25, -0.2) is 0 Å². The van der Waals surface area contributed by atoms with E-state index in [4.69, 9.17) is 34.8 Å². The van der Waals surface area contributed by atoms with E-state index in [1.54, 1.807) is 12.1 Å². The molecule has 0 aromatic heterocycles. The van der Waals surface area contributed by atoms with E-state index in [-0.39, 0.29) is 6.04 Å². The van der Waals surface area contributed by atoms with Gasteiger partial charge in [-0.3, -0.25) is 0 Å². The van der Waals surface area contributed by atoms with Crippen molar-refractivity contribution in [1.29, 1.82) is 0 Å². The van der Waals surface area contributed by atoms with Crippen LogP contribution >= 0.6 is 34.8 Å². The fourth-order valence-electron chi connectivity index (χ4n) is 1.96. The van der Waals surface area contributed by atoms with Gasteiger partial charge in [0.1, 0.15) is 0 Å². The molecule has 0 spiro atoms. The molecule has 15 heavy (non-hydrogen) atoms. The maximum atomic E-state index is 6.18. The number of benzene rings is 1. The summed E-state index contributed by atoms with van der Waals surface area (Å²) in [5.41, 5.74) is 0.950. The Hall–Kier alpha value is 0.0500. The number of halogens is 3. The van der Waals surface area contributed by atoms with E-state index in [9.17, 15) is 0 Å². The molecule has 1 fully saturated rings. The first-order valence-electron chi connectivity index (χ1n) is 5.07. The molecule has 0 radical (unpaired) electrons. The van der Waals surface area contributed by atoms with E-state index >= 15 is 0 Å². The van der Waals surface area contributed by atoms with Crippen LogP contribution in [0.4, 0.5) is 0 Å². The van der Waals surface area contributed by atoms with Gasteiger partial charge >= 0.3 is 0 Å². The first kappa shape index (κ1) is 11.5. The van der Waals surface area contributed by atoms with E-state index in [1.807, 2.05) is 0 Å². The second-order valence-electron chi connectivity index (χ2n) is 3.76. The van der Waals surface area contributed by atoms with Gasteiger partial charge in [-0.2, -0.15) is 0 Å². The van der Waals surface area contributed by atoms with Crippen LogP contribution < -0.4 is 5.32 Å². The molecular formula is C11H12Cl3N. The van der Waals surface area contributed by atoms with E-state index in [2.05, 4.69) is 5.32 Å². The Morgan fingerprint density at radius 2 is 1.80 bits per heavy atom. The minimum absolute atomic E-state index is 0.248. The van der Waals surface area contributed by atoms with E-state index in [0.717, 1.165) is 18.5 Å². The largest absolute Gasteiger partial charge is 0.310 e. The fourth-order valence-corrected chi connectivity index (χ4v) is 2.76. The molecular weight excluding hydrogens is 252 g/mol. The highest BCUT2D eigenvalue weighted by atomic mass is 35.5. The summed E-state index contributed by atoms with van der Waals surface area (Å²) in [6.45, 7) is 1.02. The van der Waals surface area contributed by atoms with Crippen molar-refractivity contribution in [3.63, 3.8) is 0 Å². The molecule has 4 heteroatoms. The van der Waals surface area contributed by atoms with Gasteiger partial charge in [0.2, 0.25) is 0 Å². The molecule has 1 nitrogen and oxygen atoms in total. The number of nitrogens with one attached hydrogen (secondary N) is 1. The van der Waals surface area contributed by atoms with Gasteiger partial charge in [0.15, 0.2) is 0 Å². The van der Waals surface area contributed by atoms with Crippen LogP contribution in [0.2, 0.25) is 15.1 Å². The number of piperidine rings is 1. The van der Waals surface area contributed by atoms with Crippen molar-refractivity contribution in [1.82, 2.24) is 5.32 Å². The predicted molar refractivity (Wildman–Crippen MR) is 66.1 cm³/mol. The Kier molecular flexibility index (Phi) is 3.78. The van der Waals surface area contributed by atoms with Crippen LogP contribution in [0.5, 0.6) is 0 Å². The van der Waals surface area contributed by atoms with Gasteiger partial charge in [0.05, 0.1) is 10.0 Å². The first-order chi connectivity index (χ1) is 7.20. The Balaban J connectivity index is 2.36. The summed E-state index contributed by atoms with van der Waals surface area (Å²) in [6, 6.07) is 3.79. The first-order valence-corrected chi connectivity index (χ1v) is 6.20. The van der Waals surface area contributed by atoms with Gasteiger partial charge in [0, 0.05) is 16.6 Å². The normalized spacial score (nSPS) is 21.7. The maximum Gasteiger partial charge on any atom is 0.0655 e. The van der Waals surface area contributed by atoms with Crippen LogP contribution in [0, 0.1) is 0 Å². The van der Waals surface area contributed by atoms with Crippen molar-refractivity contribution >= 4 is 34.8 Å². The average Bonchev–Trinajstić information content (AvgIpc) is 2.26. The molecule has 1 aromatic carbocycles. The number of hydrogen-bond acceptors (Lipinski definition) is 1. The van der Waals surface area contributed by atoms with Crippen LogP contribution in [0.3, 0.4) is 0 Å². The molecule has 1 aromatic rings. The minimum atomic E-state index is 0.248. The van der Waals surface area contributed by atoms with Crippen molar-refractivity contribution in [2.24, 2.45) is 0 Å². The van der Waals surface area contributed by atoms with E-state index in [1.165, 1.54) is 12.8 Å². The van der Waals surface area contributed by atoms with Crippen molar-refractivity contribution in [2.45, 2.75) is 25.3 Å². The summed E-state index contributed by atoms with van der Waals surface area (Å²) in [7, 11) is 0. The van der Waals surface area contributed by atoms with Gasteiger partial charge < -0.3 is 5.32 Å². The SMILES string of the molecule is Clc1ccc(Cl)c([C@H]2CCCCN2)c1Cl. The Bertz CT molecular complexity index is 359. The molecule has 1 atom stereocenters. The monoisotopic (exact) mass is 263 g/mol. The molecule has 0 bridgehead atoms. The summed E-state index contributed by atoms with van der Waals surface area (Å²) >= 11 is 18.3. The standard InChI is InChI=1S/C11H12Cl3N/c12-7-4-5-8(13)11(14)10(7)9-3-1-2-6-15-9/h4-5,9,15H,1-3,6H2/t9-/m1/s1.